The van der Waals surface area contributed by atoms with E-state index in [2.05, 4.69) is 31.4 Å². The number of nitrogens with zero attached hydrogens (tertiary/aromatic N) is 4. The molecule has 30 heavy (non-hydrogen) atoms. The summed E-state index contributed by atoms with van der Waals surface area (Å²) in [5.74, 6) is -0.602. The zero-order chi connectivity index (χ0) is 22.3. The summed E-state index contributed by atoms with van der Waals surface area (Å²) in [5.41, 5.74) is -1.36. The van der Waals surface area contributed by atoms with Crippen molar-refractivity contribution < 1.29 is 31.1 Å². The minimum Gasteiger partial charge on any atom is -0.354 e. The summed E-state index contributed by atoms with van der Waals surface area (Å²) in [6.07, 6.45) is -7.41. The standard InChI is InChI=1S/C17H18BrF6N5O/c1-9-7-11(16(19,20)21)26-28(9)6-2-5-25-12(30)8-29-14(10-3-4-10)13(18)15(27-29)17(22,23)24/h7,10H,2-6,8H2,1H3,(H,25,30). The molecular formula is C17H18BrF6N5O. The van der Waals surface area contributed by atoms with Crippen molar-refractivity contribution in [3.8, 4) is 0 Å². The van der Waals surface area contributed by atoms with Gasteiger partial charge in [-0.2, -0.15) is 36.5 Å². The second kappa shape index (κ2) is 8.23. The van der Waals surface area contributed by atoms with Gasteiger partial charge in [0.25, 0.3) is 0 Å². The fraction of sp³-hybridized carbons (Fsp3) is 0.588. The first-order valence-electron chi connectivity index (χ1n) is 9.09. The number of carbonyl (C=O) groups is 1. The summed E-state index contributed by atoms with van der Waals surface area (Å²) in [4.78, 5) is 12.2. The van der Waals surface area contributed by atoms with Crippen molar-refractivity contribution in [1.82, 2.24) is 24.9 Å². The zero-order valence-electron chi connectivity index (χ0n) is 15.7. The van der Waals surface area contributed by atoms with E-state index in [1.807, 2.05) is 0 Å². The number of aromatic nitrogens is 4. The van der Waals surface area contributed by atoms with Crippen LogP contribution in [0.4, 0.5) is 26.3 Å². The van der Waals surface area contributed by atoms with Crippen LogP contribution in [0.25, 0.3) is 0 Å². The molecule has 0 saturated heterocycles. The van der Waals surface area contributed by atoms with E-state index < -0.39 is 29.6 Å². The Bertz CT molecular complexity index is 928. The molecule has 2 heterocycles. The summed E-state index contributed by atoms with van der Waals surface area (Å²) < 4.78 is 79.4. The Morgan fingerprint density at radius 2 is 1.83 bits per heavy atom. The van der Waals surface area contributed by atoms with E-state index in [-0.39, 0.29) is 30.0 Å². The van der Waals surface area contributed by atoms with E-state index in [0.29, 0.717) is 17.8 Å². The summed E-state index contributed by atoms with van der Waals surface area (Å²) in [5, 5.41) is 9.60. The lowest BCUT2D eigenvalue weighted by atomic mass is 10.2. The normalized spacial score (nSPS) is 14.9. The predicted molar refractivity (Wildman–Crippen MR) is 96.5 cm³/mol. The van der Waals surface area contributed by atoms with Gasteiger partial charge in [0.2, 0.25) is 5.91 Å². The predicted octanol–water partition coefficient (Wildman–Crippen LogP) is 4.27. The Morgan fingerprint density at radius 1 is 1.17 bits per heavy atom. The largest absolute Gasteiger partial charge is 0.436 e. The third-order valence-corrected chi connectivity index (χ3v) is 5.38. The van der Waals surface area contributed by atoms with Crippen molar-refractivity contribution in [2.45, 2.75) is 57.5 Å². The van der Waals surface area contributed by atoms with Gasteiger partial charge in [0.05, 0.1) is 10.2 Å². The topological polar surface area (TPSA) is 64.7 Å². The van der Waals surface area contributed by atoms with E-state index in [1.165, 1.54) is 11.6 Å². The van der Waals surface area contributed by atoms with E-state index in [1.54, 1.807) is 0 Å². The van der Waals surface area contributed by atoms with Gasteiger partial charge in [0.1, 0.15) is 6.54 Å². The molecule has 0 radical (unpaired) electrons. The van der Waals surface area contributed by atoms with Crippen LogP contribution in [0.1, 0.15) is 48.0 Å². The molecule has 1 amide bonds. The monoisotopic (exact) mass is 501 g/mol. The average molecular weight is 502 g/mol. The molecule has 6 nitrogen and oxygen atoms in total. The lowest BCUT2D eigenvalue weighted by Crippen LogP contribution is -2.30. The van der Waals surface area contributed by atoms with Gasteiger partial charge in [-0.3, -0.25) is 14.2 Å². The van der Waals surface area contributed by atoms with E-state index in [0.717, 1.165) is 23.6 Å². The Kier molecular flexibility index (Phi) is 6.21. The number of amides is 1. The van der Waals surface area contributed by atoms with Crippen LogP contribution in [0.15, 0.2) is 10.5 Å². The molecule has 3 rings (SSSR count). The van der Waals surface area contributed by atoms with Gasteiger partial charge in [-0.25, -0.2) is 0 Å². The van der Waals surface area contributed by atoms with Crippen molar-refractivity contribution in [2.24, 2.45) is 0 Å². The third kappa shape index (κ3) is 5.16. The highest BCUT2D eigenvalue weighted by atomic mass is 79.9. The minimum absolute atomic E-state index is 0.0682. The highest BCUT2D eigenvalue weighted by Crippen LogP contribution is 2.46. The van der Waals surface area contributed by atoms with Crippen LogP contribution in [0.2, 0.25) is 0 Å². The number of hydrogen-bond acceptors (Lipinski definition) is 3. The molecule has 2 aromatic heterocycles. The maximum Gasteiger partial charge on any atom is 0.436 e. The highest BCUT2D eigenvalue weighted by molar-refractivity contribution is 9.10. The number of rotatable bonds is 7. The van der Waals surface area contributed by atoms with Crippen LogP contribution in [-0.4, -0.2) is 32.0 Å². The molecule has 1 N–H and O–H groups in total. The molecule has 0 spiro atoms. The van der Waals surface area contributed by atoms with Gasteiger partial charge in [0.15, 0.2) is 11.4 Å². The van der Waals surface area contributed by atoms with Crippen LogP contribution < -0.4 is 5.32 Å². The lowest BCUT2D eigenvalue weighted by Gasteiger charge is -2.09. The van der Waals surface area contributed by atoms with Gasteiger partial charge >= 0.3 is 12.4 Å². The maximum absolute atomic E-state index is 13.1. The van der Waals surface area contributed by atoms with E-state index in [4.69, 9.17) is 0 Å². The molecule has 2 aromatic rings. The Morgan fingerprint density at radius 3 is 2.37 bits per heavy atom. The lowest BCUT2D eigenvalue weighted by molar-refractivity contribution is -0.142. The SMILES string of the molecule is Cc1cc(C(F)(F)F)nn1CCCNC(=O)Cn1nc(C(F)(F)F)c(Br)c1C1CC1. The maximum atomic E-state index is 13.1. The van der Waals surface area contributed by atoms with Gasteiger partial charge in [-0.15, -0.1) is 0 Å². The molecule has 1 fully saturated rings. The van der Waals surface area contributed by atoms with Crippen molar-refractivity contribution in [1.29, 1.82) is 0 Å². The number of alkyl halides is 6. The van der Waals surface area contributed by atoms with E-state index in [9.17, 15) is 31.1 Å². The highest BCUT2D eigenvalue weighted by Gasteiger charge is 2.42. The number of carbonyl (C=O) groups excluding carboxylic acids is 1. The van der Waals surface area contributed by atoms with Gasteiger partial charge in [-0.1, -0.05) is 0 Å². The first-order valence-corrected chi connectivity index (χ1v) is 9.89. The van der Waals surface area contributed by atoms with Crippen LogP contribution in [0.3, 0.4) is 0 Å². The smallest absolute Gasteiger partial charge is 0.354 e. The van der Waals surface area contributed by atoms with Crippen LogP contribution in [0, 0.1) is 6.92 Å². The Balaban J connectivity index is 1.55. The summed E-state index contributed by atoms with van der Waals surface area (Å²) in [6, 6.07) is 0.936. The van der Waals surface area contributed by atoms with Crippen LogP contribution in [0.5, 0.6) is 0 Å². The Labute approximate surface area is 175 Å². The summed E-state index contributed by atoms with van der Waals surface area (Å²) in [7, 11) is 0. The second-order valence-corrected chi connectivity index (χ2v) is 7.87. The third-order valence-electron chi connectivity index (χ3n) is 4.60. The Hall–Kier alpha value is -2.05. The number of aryl methyl sites for hydroxylation is 2. The second-order valence-electron chi connectivity index (χ2n) is 7.07. The molecule has 1 aliphatic carbocycles. The van der Waals surface area contributed by atoms with Crippen molar-refractivity contribution in [3.63, 3.8) is 0 Å². The van der Waals surface area contributed by atoms with Crippen molar-refractivity contribution in [3.05, 3.63) is 33.3 Å². The van der Waals surface area contributed by atoms with Gasteiger partial charge < -0.3 is 5.32 Å². The quantitative estimate of drug-likeness (QED) is 0.455. The molecule has 0 aliphatic heterocycles. The molecule has 13 heteroatoms. The first kappa shape index (κ1) is 22.6. The molecular weight excluding hydrogens is 484 g/mol. The molecule has 166 valence electrons. The number of hydrogen-bond donors (Lipinski definition) is 1. The summed E-state index contributed by atoms with van der Waals surface area (Å²) >= 11 is 2.96. The van der Waals surface area contributed by atoms with Gasteiger partial charge in [-0.05, 0) is 48.2 Å². The molecule has 0 unspecified atom stereocenters. The van der Waals surface area contributed by atoms with E-state index >= 15 is 0 Å². The first-order chi connectivity index (χ1) is 13.9. The molecule has 0 atom stereocenters. The molecule has 1 saturated carbocycles. The number of halogens is 7. The van der Waals surface area contributed by atoms with Crippen molar-refractivity contribution >= 4 is 21.8 Å². The fourth-order valence-electron chi connectivity index (χ4n) is 3.03. The molecule has 1 aliphatic rings. The van der Waals surface area contributed by atoms with Crippen LogP contribution in [-0.2, 0) is 30.2 Å². The zero-order valence-corrected chi connectivity index (χ0v) is 17.3. The molecule has 0 bridgehead atoms. The average Bonchev–Trinajstić information content (AvgIpc) is 3.28. The van der Waals surface area contributed by atoms with Gasteiger partial charge in [0, 0.05) is 24.7 Å². The molecule has 0 aromatic carbocycles. The van der Waals surface area contributed by atoms with Crippen LogP contribution >= 0.6 is 15.9 Å². The summed E-state index contributed by atoms with van der Waals surface area (Å²) in [6.45, 7) is 1.40. The minimum atomic E-state index is -4.64. The number of nitrogens with one attached hydrogen (secondary N) is 1. The van der Waals surface area contributed by atoms with Crippen molar-refractivity contribution in [2.75, 3.05) is 6.54 Å². The fourth-order valence-corrected chi connectivity index (χ4v) is 3.86.